The third-order valence-corrected chi connectivity index (χ3v) is 8.56. The van der Waals surface area contributed by atoms with Crippen LogP contribution < -0.4 is 0 Å². The Bertz CT molecular complexity index is 1240. The SMILES string of the molecule is CC(C)(C)OC(=O)N1CCC[C@@H](C(=O)O)C1.CC(C)(C)OC(=O)N1CCN(S(=O)(=O)c2ccc(Br)cc2)[C@@H](C(=O)O)C1. The van der Waals surface area contributed by atoms with Crippen molar-refractivity contribution in [2.24, 2.45) is 5.92 Å². The number of carbonyl (C=O) groups excluding carboxylic acids is 2. The number of carboxylic acids is 2. The van der Waals surface area contributed by atoms with Gasteiger partial charge in [-0.25, -0.2) is 18.0 Å². The van der Waals surface area contributed by atoms with Gasteiger partial charge in [0, 0.05) is 30.7 Å². The lowest BCUT2D eigenvalue weighted by molar-refractivity contribution is -0.144. The standard InChI is InChI=1S/C16H21BrN2O6S.C11H19NO4/c1-16(2,3)25-15(22)18-8-9-19(13(10-18)14(20)21)26(23,24)12-6-4-11(17)5-7-12;1-11(2,3)16-10(15)12-6-4-5-8(7-12)9(13)14/h4-7,13H,8-10H2,1-3H3,(H,20,21);8H,4-7H2,1-3H3,(H,13,14)/t13-;8-/m11/s1. The maximum absolute atomic E-state index is 12.8. The highest BCUT2D eigenvalue weighted by Crippen LogP contribution is 2.24. The van der Waals surface area contributed by atoms with Crippen LogP contribution in [0.2, 0.25) is 0 Å². The van der Waals surface area contributed by atoms with Crippen molar-refractivity contribution in [3.8, 4) is 0 Å². The number of aliphatic carboxylic acids is 2. The molecule has 0 unspecified atom stereocenters. The number of carbonyl (C=O) groups is 4. The molecule has 1 aromatic rings. The van der Waals surface area contributed by atoms with E-state index in [9.17, 15) is 32.7 Å². The maximum atomic E-state index is 12.8. The summed E-state index contributed by atoms with van der Waals surface area (Å²) in [6.45, 7) is 11.0. The van der Waals surface area contributed by atoms with Crippen LogP contribution in [0.4, 0.5) is 9.59 Å². The second-order valence-electron chi connectivity index (χ2n) is 12.0. The van der Waals surface area contributed by atoms with Gasteiger partial charge in [0.25, 0.3) is 0 Å². The van der Waals surface area contributed by atoms with Crippen molar-refractivity contribution in [2.45, 2.75) is 76.5 Å². The number of ether oxygens (including phenoxy) is 2. The number of benzene rings is 1. The molecule has 3 rings (SSSR count). The molecular weight excluding hydrogens is 638 g/mol. The first kappa shape index (κ1) is 35.3. The third kappa shape index (κ3) is 10.4. The van der Waals surface area contributed by atoms with Gasteiger partial charge in [0.1, 0.15) is 17.2 Å². The molecule has 1 aromatic carbocycles. The highest BCUT2D eigenvalue weighted by atomic mass is 79.9. The molecule has 236 valence electrons. The molecule has 2 amide bonds. The lowest BCUT2D eigenvalue weighted by Crippen LogP contribution is -2.59. The molecule has 2 fully saturated rings. The minimum absolute atomic E-state index is 0.00216. The van der Waals surface area contributed by atoms with Crippen molar-refractivity contribution in [1.29, 1.82) is 0 Å². The molecule has 0 aliphatic carbocycles. The number of sulfonamides is 1. The van der Waals surface area contributed by atoms with E-state index in [1.807, 2.05) is 0 Å². The highest BCUT2D eigenvalue weighted by Gasteiger charge is 2.42. The molecule has 2 saturated heterocycles. The van der Waals surface area contributed by atoms with Crippen molar-refractivity contribution in [3.05, 3.63) is 28.7 Å². The Morgan fingerprint density at radius 3 is 1.76 bits per heavy atom. The molecule has 0 radical (unpaired) electrons. The van der Waals surface area contributed by atoms with Crippen molar-refractivity contribution in [1.82, 2.24) is 14.1 Å². The predicted molar refractivity (Wildman–Crippen MR) is 155 cm³/mol. The maximum Gasteiger partial charge on any atom is 0.410 e. The molecule has 2 aliphatic heterocycles. The first-order valence-electron chi connectivity index (χ1n) is 13.4. The summed E-state index contributed by atoms with van der Waals surface area (Å²) in [7, 11) is -4.00. The zero-order valence-electron chi connectivity index (χ0n) is 24.7. The van der Waals surface area contributed by atoms with Crippen LogP contribution in [0.1, 0.15) is 54.4 Å². The summed E-state index contributed by atoms with van der Waals surface area (Å²) < 4.78 is 37.7. The Balaban J connectivity index is 0.000000330. The monoisotopic (exact) mass is 677 g/mol. The molecule has 2 N–H and O–H groups in total. The quantitative estimate of drug-likeness (QED) is 0.477. The van der Waals surface area contributed by atoms with Crippen LogP contribution in [0.5, 0.6) is 0 Å². The van der Waals surface area contributed by atoms with E-state index in [1.54, 1.807) is 53.7 Å². The molecule has 2 heterocycles. The van der Waals surface area contributed by atoms with E-state index in [0.29, 0.717) is 17.4 Å². The fourth-order valence-corrected chi connectivity index (χ4v) is 5.99. The molecule has 13 nitrogen and oxygen atoms in total. The Morgan fingerprint density at radius 2 is 1.31 bits per heavy atom. The van der Waals surface area contributed by atoms with E-state index in [-0.39, 0.29) is 31.1 Å². The highest BCUT2D eigenvalue weighted by molar-refractivity contribution is 9.10. The largest absolute Gasteiger partial charge is 0.481 e. The average Bonchev–Trinajstić information content (AvgIpc) is 2.87. The van der Waals surface area contributed by atoms with Crippen LogP contribution in [0.15, 0.2) is 33.6 Å². The second kappa shape index (κ2) is 14.0. The fraction of sp³-hybridized carbons (Fsp3) is 0.630. The van der Waals surface area contributed by atoms with Crippen LogP contribution >= 0.6 is 15.9 Å². The van der Waals surface area contributed by atoms with Crippen molar-refractivity contribution < 1.29 is 47.3 Å². The third-order valence-electron chi connectivity index (χ3n) is 6.11. The normalized spacial score (nSPS) is 20.2. The zero-order chi connectivity index (χ0) is 32.0. The van der Waals surface area contributed by atoms with Crippen molar-refractivity contribution >= 4 is 50.1 Å². The van der Waals surface area contributed by atoms with E-state index in [1.165, 1.54) is 21.9 Å². The van der Waals surface area contributed by atoms with Crippen LogP contribution in [0, 0.1) is 5.92 Å². The van der Waals surface area contributed by atoms with Crippen molar-refractivity contribution in [2.75, 3.05) is 32.7 Å². The Kier molecular flexibility index (Phi) is 11.8. The van der Waals surface area contributed by atoms with Gasteiger partial charge in [-0.3, -0.25) is 9.59 Å². The number of hydrogen-bond donors (Lipinski definition) is 2. The average molecular weight is 679 g/mol. The molecule has 0 bridgehead atoms. The van der Waals surface area contributed by atoms with E-state index in [2.05, 4.69) is 15.9 Å². The molecule has 2 aliphatic rings. The number of amides is 2. The molecule has 0 saturated carbocycles. The van der Waals surface area contributed by atoms with Gasteiger partial charge in [-0.2, -0.15) is 4.31 Å². The minimum Gasteiger partial charge on any atom is -0.481 e. The summed E-state index contributed by atoms with van der Waals surface area (Å²) in [5.74, 6) is -2.62. The van der Waals surface area contributed by atoms with E-state index in [0.717, 1.165) is 10.7 Å². The van der Waals surface area contributed by atoms with E-state index >= 15 is 0 Å². The number of hydrogen-bond acceptors (Lipinski definition) is 8. The van der Waals surface area contributed by atoms with Crippen LogP contribution in [0.25, 0.3) is 0 Å². The van der Waals surface area contributed by atoms with Gasteiger partial charge in [-0.1, -0.05) is 15.9 Å². The predicted octanol–water partition coefficient (Wildman–Crippen LogP) is 3.86. The number of likely N-dealkylation sites (tertiary alicyclic amines) is 1. The Hall–Kier alpha value is -2.91. The zero-order valence-corrected chi connectivity index (χ0v) is 27.1. The first-order valence-corrected chi connectivity index (χ1v) is 15.6. The van der Waals surface area contributed by atoms with Gasteiger partial charge in [0.05, 0.1) is 17.4 Å². The second-order valence-corrected chi connectivity index (χ2v) is 14.8. The number of halogens is 1. The van der Waals surface area contributed by atoms with Gasteiger partial charge in [-0.15, -0.1) is 0 Å². The number of piperazine rings is 1. The smallest absolute Gasteiger partial charge is 0.410 e. The van der Waals surface area contributed by atoms with Gasteiger partial charge in [0.2, 0.25) is 10.0 Å². The van der Waals surface area contributed by atoms with E-state index < -0.39 is 57.3 Å². The Labute approximate surface area is 254 Å². The molecule has 2 atom stereocenters. The first-order chi connectivity index (χ1) is 19.2. The summed E-state index contributed by atoms with van der Waals surface area (Å²) in [4.78, 5) is 49.1. The lowest BCUT2D eigenvalue weighted by Gasteiger charge is -2.38. The molecule has 0 aromatic heterocycles. The number of nitrogens with zero attached hydrogens (tertiary/aromatic N) is 3. The van der Waals surface area contributed by atoms with Gasteiger partial charge >= 0.3 is 24.1 Å². The lowest BCUT2D eigenvalue weighted by atomic mass is 9.99. The number of carboxylic acid groups (broad SMARTS) is 2. The van der Waals surface area contributed by atoms with Gasteiger partial charge < -0.3 is 29.5 Å². The fourth-order valence-electron chi connectivity index (χ4n) is 4.16. The number of piperidine rings is 1. The summed E-state index contributed by atoms with van der Waals surface area (Å²) in [6, 6.07) is 4.56. The van der Waals surface area contributed by atoms with Crippen LogP contribution in [-0.4, -0.2) is 107 Å². The summed E-state index contributed by atoms with van der Waals surface area (Å²) >= 11 is 3.23. The Morgan fingerprint density at radius 1 is 0.810 bits per heavy atom. The summed E-state index contributed by atoms with van der Waals surface area (Å²) in [5.41, 5.74) is -1.26. The molecule has 15 heteroatoms. The minimum atomic E-state index is -4.00. The van der Waals surface area contributed by atoms with Gasteiger partial charge in [0.15, 0.2) is 0 Å². The van der Waals surface area contributed by atoms with Gasteiger partial charge in [-0.05, 0) is 78.6 Å². The molecular formula is C27H40BrN3O10S. The molecule has 42 heavy (non-hydrogen) atoms. The summed E-state index contributed by atoms with van der Waals surface area (Å²) in [5, 5.41) is 18.4. The van der Waals surface area contributed by atoms with Crippen LogP contribution in [0.3, 0.4) is 0 Å². The van der Waals surface area contributed by atoms with Crippen molar-refractivity contribution in [3.63, 3.8) is 0 Å². The summed E-state index contributed by atoms with van der Waals surface area (Å²) in [6.07, 6.45) is 0.271. The van der Waals surface area contributed by atoms with Crippen LogP contribution in [-0.2, 0) is 29.1 Å². The molecule has 0 spiro atoms. The van der Waals surface area contributed by atoms with E-state index in [4.69, 9.17) is 14.6 Å². The number of rotatable bonds is 4. The topological polar surface area (TPSA) is 171 Å².